The van der Waals surface area contributed by atoms with Gasteiger partial charge in [-0.25, -0.2) is 4.98 Å². The van der Waals surface area contributed by atoms with Crippen molar-refractivity contribution in [3.63, 3.8) is 0 Å². The van der Waals surface area contributed by atoms with Crippen LogP contribution in [0.1, 0.15) is 25.2 Å². The second-order valence-corrected chi connectivity index (χ2v) is 6.27. The molecular formula is C16H17BrN2O3. The van der Waals surface area contributed by atoms with E-state index >= 15 is 0 Å². The Morgan fingerprint density at radius 1 is 1.41 bits per heavy atom. The Kier molecular flexibility index (Phi) is 4.59. The minimum Gasteiger partial charge on any atom is -0.480 e. The molecule has 0 radical (unpaired) electrons. The quantitative estimate of drug-likeness (QED) is 0.898. The molecule has 6 heteroatoms. The van der Waals surface area contributed by atoms with Crippen LogP contribution in [0.25, 0.3) is 11.3 Å². The van der Waals surface area contributed by atoms with Gasteiger partial charge in [0.05, 0.1) is 12.7 Å². The SMILES string of the molecule is O=C(O)C1CCCCN1Cc1ncc(-c2ccccc2Br)o1. The molecule has 1 aliphatic heterocycles. The first-order valence-electron chi connectivity index (χ1n) is 7.31. The van der Waals surface area contributed by atoms with Crippen LogP contribution in [0.15, 0.2) is 39.4 Å². The Morgan fingerprint density at radius 2 is 2.23 bits per heavy atom. The van der Waals surface area contributed by atoms with E-state index in [9.17, 15) is 9.90 Å². The fourth-order valence-corrected chi connectivity index (χ4v) is 3.28. The summed E-state index contributed by atoms with van der Waals surface area (Å²) in [6.07, 6.45) is 4.35. The van der Waals surface area contributed by atoms with Crippen molar-refractivity contribution in [1.82, 2.24) is 9.88 Å². The van der Waals surface area contributed by atoms with Gasteiger partial charge in [0.15, 0.2) is 5.76 Å². The fraction of sp³-hybridized carbons (Fsp3) is 0.375. The van der Waals surface area contributed by atoms with Gasteiger partial charge < -0.3 is 9.52 Å². The first-order chi connectivity index (χ1) is 10.6. The van der Waals surface area contributed by atoms with Crippen molar-refractivity contribution in [3.8, 4) is 11.3 Å². The van der Waals surface area contributed by atoms with E-state index in [0.717, 1.165) is 29.4 Å². The van der Waals surface area contributed by atoms with Gasteiger partial charge in [0.2, 0.25) is 5.89 Å². The Balaban J connectivity index is 1.77. The van der Waals surface area contributed by atoms with Crippen LogP contribution < -0.4 is 0 Å². The lowest BCUT2D eigenvalue weighted by Crippen LogP contribution is -2.44. The highest BCUT2D eigenvalue weighted by Gasteiger charge is 2.29. The summed E-state index contributed by atoms with van der Waals surface area (Å²) in [4.78, 5) is 17.6. The first kappa shape index (κ1) is 15.2. The number of rotatable bonds is 4. The molecule has 22 heavy (non-hydrogen) atoms. The van der Waals surface area contributed by atoms with E-state index < -0.39 is 12.0 Å². The van der Waals surface area contributed by atoms with Gasteiger partial charge in [0.25, 0.3) is 0 Å². The average Bonchev–Trinajstić information content (AvgIpc) is 2.96. The molecule has 2 aromatic rings. The molecule has 1 aliphatic rings. The van der Waals surface area contributed by atoms with Crippen molar-refractivity contribution in [2.75, 3.05) is 6.54 Å². The van der Waals surface area contributed by atoms with Crippen molar-refractivity contribution in [3.05, 3.63) is 40.8 Å². The molecule has 2 heterocycles. The lowest BCUT2D eigenvalue weighted by molar-refractivity contribution is -0.145. The average molecular weight is 365 g/mol. The summed E-state index contributed by atoms with van der Waals surface area (Å²) in [6.45, 7) is 1.20. The maximum Gasteiger partial charge on any atom is 0.320 e. The normalized spacial score (nSPS) is 19.2. The molecule has 1 aromatic carbocycles. The first-order valence-corrected chi connectivity index (χ1v) is 8.11. The molecule has 3 rings (SSSR count). The van der Waals surface area contributed by atoms with E-state index in [1.165, 1.54) is 0 Å². The van der Waals surface area contributed by atoms with Crippen molar-refractivity contribution in [2.45, 2.75) is 31.8 Å². The van der Waals surface area contributed by atoms with Crippen LogP contribution in [0.5, 0.6) is 0 Å². The summed E-state index contributed by atoms with van der Waals surface area (Å²) in [5.74, 6) is 0.475. The Hall–Kier alpha value is -1.66. The molecular weight excluding hydrogens is 348 g/mol. The van der Waals surface area contributed by atoms with E-state index in [0.29, 0.717) is 24.6 Å². The van der Waals surface area contributed by atoms with Crippen molar-refractivity contribution < 1.29 is 14.3 Å². The van der Waals surface area contributed by atoms with Gasteiger partial charge in [-0.15, -0.1) is 0 Å². The standard InChI is InChI=1S/C16H17BrN2O3/c17-12-6-2-1-5-11(12)14-9-18-15(22-14)10-19-8-4-3-7-13(19)16(20)21/h1-2,5-6,9,13H,3-4,7-8,10H2,(H,20,21). The maximum absolute atomic E-state index is 11.3. The molecule has 5 nitrogen and oxygen atoms in total. The highest BCUT2D eigenvalue weighted by molar-refractivity contribution is 9.10. The van der Waals surface area contributed by atoms with Crippen LogP contribution in [0.4, 0.5) is 0 Å². The van der Waals surface area contributed by atoms with Gasteiger partial charge in [-0.1, -0.05) is 40.5 Å². The predicted molar refractivity (Wildman–Crippen MR) is 85.3 cm³/mol. The second kappa shape index (κ2) is 6.62. The number of hydrogen-bond acceptors (Lipinski definition) is 4. The summed E-state index contributed by atoms with van der Waals surface area (Å²) in [5, 5.41) is 9.31. The van der Waals surface area contributed by atoms with E-state index in [-0.39, 0.29) is 0 Å². The minimum atomic E-state index is -0.766. The summed E-state index contributed by atoms with van der Waals surface area (Å²) >= 11 is 3.49. The Morgan fingerprint density at radius 3 is 3.00 bits per heavy atom. The third kappa shape index (κ3) is 3.23. The monoisotopic (exact) mass is 364 g/mol. The van der Waals surface area contributed by atoms with Crippen molar-refractivity contribution >= 4 is 21.9 Å². The number of carbonyl (C=O) groups is 1. The number of likely N-dealkylation sites (tertiary alicyclic amines) is 1. The van der Waals surface area contributed by atoms with Gasteiger partial charge in [-0.2, -0.15) is 0 Å². The molecule has 1 unspecified atom stereocenters. The molecule has 0 amide bonds. The van der Waals surface area contributed by atoms with E-state index in [2.05, 4.69) is 20.9 Å². The zero-order valence-corrected chi connectivity index (χ0v) is 13.6. The zero-order chi connectivity index (χ0) is 15.5. The van der Waals surface area contributed by atoms with Gasteiger partial charge in [0.1, 0.15) is 6.04 Å². The number of carboxylic acid groups (broad SMARTS) is 1. The fourth-order valence-electron chi connectivity index (χ4n) is 2.80. The predicted octanol–water partition coefficient (Wildman–Crippen LogP) is 3.54. The lowest BCUT2D eigenvalue weighted by Gasteiger charge is -2.31. The number of carboxylic acids is 1. The highest BCUT2D eigenvalue weighted by atomic mass is 79.9. The summed E-state index contributed by atoms with van der Waals surface area (Å²) in [7, 11) is 0. The van der Waals surface area contributed by atoms with Gasteiger partial charge in [0, 0.05) is 10.0 Å². The number of halogens is 1. The van der Waals surface area contributed by atoms with Crippen LogP contribution >= 0.6 is 15.9 Å². The maximum atomic E-state index is 11.3. The molecule has 1 fully saturated rings. The lowest BCUT2D eigenvalue weighted by atomic mass is 10.0. The van der Waals surface area contributed by atoms with Crippen LogP contribution in [0, 0.1) is 0 Å². The van der Waals surface area contributed by atoms with Gasteiger partial charge in [-0.05, 0) is 25.5 Å². The zero-order valence-electron chi connectivity index (χ0n) is 12.0. The molecule has 0 aliphatic carbocycles. The Labute approximate surface area is 137 Å². The minimum absolute atomic E-state index is 0.432. The highest BCUT2D eigenvalue weighted by Crippen LogP contribution is 2.29. The van der Waals surface area contributed by atoms with E-state index in [1.54, 1.807) is 6.20 Å². The number of oxazole rings is 1. The van der Waals surface area contributed by atoms with Crippen LogP contribution in [-0.2, 0) is 11.3 Å². The molecule has 116 valence electrons. The third-order valence-electron chi connectivity index (χ3n) is 3.93. The summed E-state index contributed by atoms with van der Waals surface area (Å²) in [5.41, 5.74) is 0.940. The largest absolute Gasteiger partial charge is 0.480 e. The topological polar surface area (TPSA) is 66.6 Å². The molecule has 0 spiro atoms. The van der Waals surface area contributed by atoms with Crippen molar-refractivity contribution in [2.24, 2.45) is 0 Å². The number of aromatic nitrogens is 1. The number of benzene rings is 1. The molecule has 1 aromatic heterocycles. The van der Waals surface area contributed by atoms with Crippen LogP contribution in [0.3, 0.4) is 0 Å². The summed E-state index contributed by atoms with van der Waals surface area (Å²) < 4.78 is 6.75. The molecule has 1 atom stereocenters. The third-order valence-corrected chi connectivity index (χ3v) is 4.62. The number of piperidine rings is 1. The van der Waals surface area contributed by atoms with E-state index in [4.69, 9.17) is 4.42 Å². The second-order valence-electron chi connectivity index (χ2n) is 5.42. The van der Waals surface area contributed by atoms with Crippen molar-refractivity contribution in [1.29, 1.82) is 0 Å². The van der Waals surface area contributed by atoms with Gasteiger partial charge in [-0.3, -0.25) is 9.69 Å². The Bertz CT molecular complexity index is 671. The molecule has 1 N–H and O–H groups in total. The van der Waals surface area contributed by atoms with Gasteiger partial charge >= 0.3 is 5.97 Å². The molecule has 1 saturated heterocycles. The van der Waals surface area contributed by atoms with Crippen LogP contribution in [-0.4, -0.2) is 33.5 Å². The number of aliphatic carboxylic acids is 1. The summed E-state index contributed by atoms with van der Waals surface area (Å²) in [6, 6.07) is 7.34. The number of hydrogen-bond donors (Lipinski definition) is 1. The van der Waals surface area contributed by atoms with E-state index in [1.807, 2.05) is 29.2 Å². The molecule has 0 saturated carbocycles. The smallest absolute Gasteiger partial charge is 0.320 e. The molecule has 0 bridgehead atoms. The van der Waals surface area contributed by atoms with Crippen LogP contribution in [0.2, 0.25) is 0 Å². The number of nitrogens with zero attached hydrogens (tertiary/aromatic N) is 2.